The molecule has 11 atom stereocenters. The lowest BCUT2D eigenvalue weighted by Gasteiger charge is -2.67. The molecular weight excluding hydrogens is 892 g/mol. The number of carbonyl (C=O) groups is 6. The smallest absolute Gasteiger partial charge is 0.467 e. The summed E-state index contributed by atoms with van der Waals surface area (Å²) in [6, 6.07) is 7.74. The van der Waals surface area contributed by atoms with Gasteiger partial charge >= 0.3 is 36.1 Å². The van der Waals surface area contributed by atoms with E-state index in [1.807, 2.05) is 6.92 Å². The SMILES string of the molecule is CCCN1CCN(C(=O)O[C@H]2C(=O)[C@@]3(C)C(C(OC(=O)c4ccccc4)[C@]4(O)C[C@H](OC(=O)[C@H](O)[C@H](NC(=O)C(F)(F)F)c5ccco5)C(C)=C2C4(C)C)[C@]2(OC(C)=O)CO[C@@H]2C[C@@H]3O)CC1. The van der Waals surface area contributed by atoms with Crippen LogP contribution in [0.5, 0.6) is 0 Å². The molecule has 67 heavy (non-hydrogen) atoms. The molecule has 4 N–H and O–H groups in total. The highest BCUT2D eigenvalue weighted by atomic mass is 19.4. The van der Waals surface area contributed by atoms with E-state index in [0.717, 1.165) is 32.2 Å². The van der Waals surface area contributed by atoms with Gasteiger partial charge in [0.2, 0.25) is 0 Å². The first kappa shape index (κ1) is 49.6. The third-order valence-corrected chi connectivity index (χ3v) is 14.5. The van der Waals surface area contributed by atoms with Crippen LogP contribution in [0.2, 0.25) is 0 Å². The summed E-state index contributed by atoms with van der Waals surface area (Å²) in [5.74, 6) is -9.13. The number of ether oxygens (including phenoxy) is 5. The van der Waals surface area contributed by atoms with Gasteiger partial charge in [0.15, 0.2) is 23.6 Å². The fourth-order valence-corrected chi connectivity index (χ4v) is 10.8. The van der Waals surface area contributed by atoms with Gasteiger partial charge in [-0.15, -0.1) is 0 Å². The van der Waals surface area contributed by atoms with E-state index in [1.165, 1.54) is 50.8 Å². The molecule has 3 aliphatic carbocycles. The number of carbonyl (C=O) groups excluding carboxylic acids is 6. The molecule has 1 aromatic carbocycles. The Kier molecular flexibility index (Phi) is 13.5. The van der Waals surface area contributed by atoms with Gasteiger partial charge in [-0.05, 0) is 62.2 Å². The molecule has 4 fully saturated rings. The molecule has 366 valence electrons. The Morgan fingerprint density at radius 3 is 2.22 bits per heavy atom. The number of Topliss-reactive ketones (excluding diaryl/α,β-unsaturated/α-hetero) is 1. The van der Waals surface area contributed by atoms with Gasteiger partial charge in [-0.2, -0.15) is 13.2 Å². The number of halogens is 3. The van der Waals surface area contributed by atoms with Gasteiger partial charge in [0, 0.05) is 51.4 Å². The fraction of sp³-hybridized carbons (Fsp3) is 0.609. The maximum atomic E-state index is 15.9. The summed E-state index contributed by atoms with van der Waals surface area (Å²) in [6.45, 7) is 10.6. The first-order valence-electron chi connectivity index (χ1n) is 22.1. The van der Waals surface area contributed by atoms with E-state index in [4.69, 9.17) is 28.1 Å². The van der Waals surface area contributed by atoms with Crippen molar-refractivity contribution in [2.45, 2.75) is 121 Å². The monoisotopic (exact) mass is 947 g/mol. The van der Waals surface area contributed by atoms with Crippen LogP contribution in [0.1, 0.15) is 83.0 Å². The summed E-state index contributed by atoms with van der Waals surface area (Å²) in [4.78, 5) is 87.5. The first-order chi connectivity index (χ1) is 31.4. The number of hydrogen-bond acceptors (Lipinski definition) is 16. The summed E-state index contributed by atoms with van der Waals surface area (Å²) >= 11 is 0. The third-order valence-electron chi connectivity index (χ3n) is 14.5. The number of alkyl halides is 3. The number of aliphatic hydroxyl groups excluding tert-OH is 2. The van der Waals surface area contributed by atoms with Crippen LogP contribution < -0.4 is 5.32 Å². The van der Waals surface area contributed by atoms with Crippen LogP contribution in [-0.4, -0.2) is 154 Å². The van der Waals surface area contributed by atoms with Crippen LogP contribution in [0.4, 0.5) is 18.0 Å². The topological polar surface area (TPSA) is 241 Å². The molecule has 2 unspecified atom stereocenters. The molecule has 2 saturated carbocycles. The predicted octanol–water partition coefficient (Wildman–Crippen LogP) is 3.18. The lowest BCUT2D eigenvalue weighted by Crippen LogP contribution is -2.82. The maximum absolute atomic E-state index is 15.9. The molecule has 2 saturated heterocycles. The molecule has 2 bridgehead atoms. The zero-order chi connectivity index (χ0) is 49.0. The minimum Gasteiger partial charge on any atom is -0.467 e. The van der Waals surface area contributed by atoms with Crippen LogP contribution in [0.15, 0.2) is 64.3 Å². The van der Waals surface area contributed by atoms with Gasteiger partial charge < -0.3 is 53.6 Å². The molecule has 2 aliphatic heterocycles. The second-order valence-electron chi connectivity index (χ2n) is 18.7. The zero-order valence-corrected chi connectivity index (χ0v) is 37.9. The molecule has 5 aliphatic rings. The quantitative estimate of drug-likeness (QED) is 0.144. The second kappa shape index (κ2) is 18.3. The van der Waals surface area contributed by atoms with Gasteiger partial charge in [-0.1, -0.05) is 39.0 Å². The summed E-state index contributed by atoms with van der Waals surface area (Å²) in [5, 5.41) is 39.0. The Labute approximate surface area is 383 Å². The summed E-state index contributed by atoms with van der Waals surface area (Å²) in [6.07, 6.45) is -16.6. The van der Waals surface area contributed by atoms with Gasteiger partial charge in [-0.25, -0.2) is 14.4 Å². The Balaban J connectivity index is 1.41. The summed E-state index contributed by atoms with van der Waals surface area (Å²) in [7, 11) is 0. The van der Waals surface area contributed by atoms with Crippen LogP contribution in [0.25, 0.3) is 0 Å². The van der Waals surface area contributed by atoms with Crippen molar-refractivity contribution in [2.24, 2.45) is 16.7 Å². The number of amides is 2. The van der Waals surface area contributed by atoms with Crippen LogP contribution in [-0.2, 0) is 42.9 Å². The molecule has 1 aromatic heterocycles. The molecule has 18 nitrogen and oxygen atoms in total. The summed E-state index contributed by atoms with van der Waals surface area (Å²) < 4.78 is 76.1. The Morgan fingerprint density at radius 1 is 0.985 bits per heavy atom. The lowest BCUT2D eigenvalue weighted by atomic mass is 9.44. The van der Waals surface area contributed by atoms with E-state index in [0.29, 0.717) is 13.1 Å². The number of furan rings is 1. The van der Waals surface area contributed by atoms with Gasteiger partial charge in [-0.3, -0.25) is 19.3 Å². The molecule has 2 amide bonds. The van der Waals surface area contributed by atoms with Gasteiger partial charge in [0.05, 0.1) is 35.9 Å². The first-order valence-corrected chi connectivity index (χ1v) is 22.1. The summed E-state index contributed by atoms with van der Waals surface area (Å²) in [5.41, 5.74) is -8.63. The van der Waals surface area contributed by atoms with Crippen molar-refractivity contribution < 1.29 is 85.4 Å². The Bertz CT molecular complexity index is 2260. The van der Waals surface area contributed by atoms with E-state index in [2.05, 4.69) is 4.90 Å². The van der Waals surface area contributed by atoms with Gasteiger partial charge in [0.25, 0.3) is 0 Å². The fourth-order valence-electron chi connectivity index (χ4n) is 10.8. The highest BCUT2D eigenvalue weighted by Crippen LogP contribution is 2.64. The van der Waals surface area contributed by atoms with E-state index >= 15 is 4.79 Å². The number of nitrogens with one attached hydrogen (secondary N) is 1. The molecule has 2 aromatic rings. The number of aliphatic hydroxyl groups is 3. The number of esters is 3. The normalized spacial score (nSPS) is 32.5. The molecule has 3 heterocycles. The second-order valence-corrected chi connectivity index (χ2v) is 18.7. The van der Waals surface area contributed by atoms with Crippen LogP contribution in [0.3, 0.4) is 0 Å². The highest BCUT2D eigenvalue weighted by Gasteiger charge is 2.78. The van der Waals surface area contributed by atoms with Crippen molar-refractivity contribution in [3.8, 4) is 0 Å². The largest absolute Gasteiger partial charge is 0.471 e. The van der Waals surface area contributed by atoms with Crippen LogP contribution >= 0.6 is 0 Å². The van der Waals surface area contributed by atoms with Crippen molar-refractivity contribution >= 4 is 35.7 Å². The third kappa shape index (κ3) is 8.61. The Morgan fingerprint density at radius 2 is 1.66 bits per heavy atom. The van der Waals surface area contributed by atoms with Crippen molar-refractivity contribution in [3.63, 3.8) is 0 Å². The number of rotatable bonds is 11. The standard InChI is InChI=1S/C46H56F3N3O15/c1-7-15-51-16-18-52(19-17-51)41(60)65-34-31-24(2)28(64-39(58)33(55)32(27-14-11-20-62-27)50-40(59)46(47,48)49)22-45(61,42(31,4)5)37(66-38(57)26-12-9-8-10-13-26)35-43(6,36(34)56)29(54)21-30-44(35,23-63-30)67-25(3)53/h8-14,20,28-30,32-35,37,54-55,61H,7,15-19,21-23H2,1-6H3,(H,50,59)/t28-,29-,30+,32+,33+,34+,35?,37?,43+,44-,45+/m0/s1. The molecule has 7 rings (SSSR count). The Hall–Kier alpha value is -5.35. The minimum absolute atomic E-state index is 0.0111. The zero-order valence-electron chi connectivity index (χ0n) is 37.9. The maximum Gasteiger partial charge on any atom is 0.471 e. The van der Waals surface area contributed by atoms with E-state index in [1.54, 1.807) is 23.5 Å². The minimum atomic E-state index is -5.45. The number of nitrogens with zero attached hydrogens (tertiary/aromatic N) is 2. The number of benzene rings is 1. The lowest BCUT2D eigenvalue weighted by molar-refractivity contribution is -0.345. The van der Waals surface area contributed by atoms with E-state index < -0.39 is 131 Å². The van der Waals surface area contributed by atoms with Crippen molar-refractivity contribution in [3.05, 3.63) is 71.2 Å². The van der Waals surface area contributed by atoms with Crippen molar-refractivity contribution in [1.82, 2.24) is 15.1 Å². The van der Waals surface area contributed by atoms with Gasteiger partial charge in [0.1, 0.15) is 35.7 Å². The molecule has 21 heteroatoms. The number of hydrogen-bond donors (Lipinski definition) is 4. The molecular formula is C46H56F3N3O15. The average molecular weight is 948 g/mol. The average Bonchev–Trinajstić information content (AvgIpc) is 3.81. The molecule has 0 spiro atoms. The number of piperazine rings is 1. The number of ketones is 1. The van der Waals surface area contributed by atoms with E-state index in [-0.39, 0.29) is 36.2 Å². The van der Waals surface area contributed by atoms with Crippen molar-refractivity contribution in [2.75, 3.05) is 39.3 Å². The number of fused-ring (bicyclic) bond motifs is 5. The molecule has 0 radical (unpaired) electrons. The van der Waals surface area contributed by atoms with Crippen molar-refractivity contribution in [1.29, 1.82) is 0 Å². The predicted molar refractivity (Wildman–Crippen MR) is 223 cm³/mol. The van der Waals surface area contributed by atoms with Crippen LogP contribution in [0, 0.1) is 16.7 Å². The van der Waals surface area contributed by atoms with E-state index in [9.17, 15) is 52.5 Å². The highest BCUT2D eigenvalue weighted by molar-refractivity contribution is 5.96.